The van der Waals surface area contributed by atoms with Crippen molar-refractivity contribution in [2.75, 3.05) is 0 Å². The third kappa shape index (κ3) is 2.52. The van der Waals surface area contributed by atoms with Crippen LogP contribution in [0.5, 0.6) is 0 Å². The number of hydrogen-bond donors (Lipinski definition) is 0. The number of thiazole rings is 1. The Labute approximate surface area is 108 Å². The van der Waals surface area contributed by atoms with Crippen molar-refractivity contribution in [3.05, 3.63) is 15.6 Å². The van der Waals surface area contributed by atoms with Crippen molar-refractivity contribution < 1.29 is 0 Å². The molecular formula is C14H20N2S. The smallest absolute Gasteiger partial charge is 0.113 e. The van der Waals surface area contributed by atoms with Crippen LogP contribution in [0, 0.1) is 18.3 Å². The predicted octanol–water partition coefficient (Wildman–Crippen LogP) is 4.30. The van der Waals surface area contributed by atoms with Crippen LogP contribution in [0.2, 0.25) is 0 Å². The number of rotatable bonds is 2. The molecule has 0 radical (unpaired) electrons. The van der Waals surface area contributed by atoms with Gasteiger partial charge in [-0.3, -0.25) is 0 Å². The maximum absolute atomic E-state index is 9.17. The van der Waals surface area contributed by atoms with Crippen LogP contribution in [-0.2, 0) is 5.41 Å². The number of nitriles is 1. The summed E-state index contributed by atoms with van der Waals surface area (Å²) in [4.78, 5) is 6.09. The summed E-state index contributed by atoms with van der Waals surface area (Å²) in [5.41, 5.74) is 0.829. The van der Waals surface area contributed by atoms with E-state index in [-0.39, 0.29) is 0 Å². The fourth-order valence-corrected chi connectivity index (χ4v) is 3.53. The topological polar surface area (TPSA) is 36.7 Å². The first-order valence-electron chi connectivity index (χ1n) is 6.43. The Balaban J connectivity index is 2.28. The van der Waals surface area contributed by atoms with Crippen LogP contribution < -0.4 is 0 Å². The molecular weight excluding hydrogens is 228 g/mol. The van der Waals surface area contributed by atoms with Crippen molar-refractivity contribution in [2.24, 2.45) is 0 Å². The first-order valence-corrected chi connectivity index (χ1v) is 7.25. The monoisotopic (exact) mass is 248 g/mol. The minimum Gasteiger partial charge on any atom is -0.244 e. The molecule has 1 aliphatic rings. The number of hydrogen-bond acceptors (Lipinski definition) is 3. The van der Waals surface area contributed by atoms with Gasteiger partial charge in [-0.15, -0.1) is 11.3 Å². The molecule has 1 saturated carbocycles. The van der Waals surface area contributed by atoms with Crippen molar-refractivity contribution in [1.29, 1.82) is 5.26 Å². The lowest BCUT2D eigenvalue weighted by Gasteiger charge is -2.20. The zero-order valence-corrected chi connectivity index (χ0v) is 11.7. The molecule has 1 heterocycles. The Bertz CT molecular complexity index is 434. The molecule has 0 aliphatic heterocycles. The molecule has 3 heteroatoms. The van der Waals surface area contributed by atoms with Crippen molar-refractivity contribution in [3.63, 3.8) is 0 Å². The summed E-state index contributed by atoms with van der Waals surface area (Å²) in [5, 5.41) is 10.2. The Morgan fingerprint density at radius 2 is 1.94 bits per heavy atom. The van der Waals surface area contributed by atoms with Gasteiger partial charge in [0.05, 0.1) is 11.8 Å². The summed E-state index contributed by atoms with van der Waals surface area (Å²) >= 11 is 1.71. The largest absolute Gasteiger partial charge is 0.244 e. The standard InChI is InChI=1S/C14H20N2S/c1-10-12(11-7-5-4-6-8-11)16-13(17-10)14(2,3)9-15/h11H,4-8H2,1-3H3. The molecule has 0 amide bonds. The predicted molar refractivity (Wildman–Crippen MR) is 71.3 cm³/mol. The molecule has 0 bridgehead atoms. The van der Waals surface area contributed by atoms with Crippen LogP contribution in [0.25, 0.3) is 0 Å². The summed E-state index contributed by atoms with van der Waals surface area (Å²) < 4.78 is 0. The van der Waals surface area contributed by atoms with Crippen molar-refractivity contribution >= 4 is 11.3 Å². The molecule has 1 aromatic rings. The lowest BCUT2D eigenvalue weighted by Crippen LogP contribution is -2.14. The second-order valence-electron chi connectivity index (χ2n) is 5.53. The van der Waals surface area contributed by atoms with E-state index in [0.717, 1.165) is 5.01 Å². The van der Waals surface area contributed by atoms with Gasteiger partial charge < -0.3 is 0 Å². The van der Waals surface area contributed by atoms with Gasteiger partial charge in [0.1, 0.15) is 10.4 Å². The zero-order chi connectivity index (χ0) is 12.5. The van der Waals surface area contributed by atoms with E-state index in [2.05, 4.69) is 13.0 Å². The van der Waals surface area contributed by atoms with Gasteiger partial charge in [-0.25, -0.2) is 4.98 Å². The van der Waals surface area contributed by atoms with E-state index in [1.54, 1.807) is 11.3 Å². The SMILES string of the molecule is Cc1sc(C(C)(C)C#N)nc1C1CCCCC1. The fraction of sp³-hybridized carbons (Fsp3) is 0.714. The molecule has 0 N–H and O–H groups in total. The molecule has 1 aliphatic carbocycles. The van der Waals surface area contributed by atoms with Gasteiger partial charge in [-0.2, -0.15) is 5.26 Å². The van der Waals surface area contributed by atoms with Gasteiger partial charge in [-0.05, 0) is 33.6 Å². The number of aryl methyl sites for hydroxylation is 1. The average Bonchev–Trinajstić information content (AvgIpc) is 2.73. The third-order valence-corrected chi connectivity index (χ3v) is 4.95. The summed E-state index contributed by atoms with van der Waals surface area (Å²) in [6.07, 6.45) is 6.58. The van der Waals surface area contributed by atoms with E-state index in [1.165, 1.54) is 42.7 Å². The molecule has 0 unspecified atom stereocenters. The van der Waals surface area contributed by atoms with Gasteiger partial charge in [0, 0.05) is 10.8 Å². The van der Waals surface area contributed by atoms with Crippen LogP contribution in [0.15, 0.2) is 0 Å². The molecule has 2 rings (SSSR count). The fourth-order valence-electron chi connectivity index (χ4n) is 2.48. The maximum atomic E-state index is 9.17. The molecule has 2 nitrogen and oxygen atoms in total. The second kappa shape index (κ2) is 4.78. The third-order valence-electron chi connectivity index (χ3n) is 3.64. The summed E-state index contributed by atoms with van der Waals surface area (Å²) in [7, 11) is 0. The molecule has 92 valence electrons. The lowest BCUT2D eigenvalue weighted by molar-refractivity contribution is 0.435. The van der Waals surface area contributed by atoms with Gasteiger partial charge in [-0.1, -0.05) is 19.3 Å². The highest BCUT2D eigenvalue weighted by Gasteiger charge is 2.28. The van der Waals surface area contributed by atoms with E-state index >= 15 is 0 Å². The van der Waals surface area contributed by atoms with Gasteiger partial charge >= 0.3 is 0 Å². The Morgan fingerprint density at radius 3 is 2.53 bits per heavy atom. The van der Waals surface area contributed by atoms with Crippen LogP contribution in [0.3, 0.4) is 0 Å². The van der Waals surface area contributed by atoms with Crippen LogP contribution in [0.1, 0.15) is 67.4 Å². The van der Waals surface area contributed by atoms with E-state index in [1.807, 2.05) is 13.8 Å². The summed E-state index contributed by atoms with van der Waals surface area (Å²) in [5.74, 6) is 0.642. The first kappa shape index (κ1) is 12.6. The number of nitrogens with zero attached hydrogens (tertiary/aromatic N) is 2. The number of aromatic nitrogens is 1. The maximum Gasteiger partial charge on any atom is 0.113 e. The van der Waals surface area contributed by atoms with Crippen LogP contribution >= 0.6 is 11.3 Å². The molecule has 1 fully saturated rings. The van der Waals surface area contributed by atoms with E-state index in [0.29, 0.717) is 5.92 Å². The van der Waals surface area contributed by atoms with Crippen molar-refractivity contribution in [1.82, 2.24) is 4.98 Å². The summed E-state index contributed by atoms with van der Waals surface area (Å²) in [6, 6.07) is 2.35. The minimum atomic E-state index is -0.442. The Hall–Kier alpha value is -0.880. The van der Waals surface area contributed by atoms with Gasteiger partial charge in [0.2, 0.25) is 0 Å². The van der Waals surface area contributed by atoms with Crippen molar-refractivity contribution in [3.8, 4) is 6.07 Å². The first-order chi connectivity index (χ1) is 8.04. The van der Waals surface area contributed by atoms with Gasteiger partial charge in [0.15, 0.2) is 0 Å². The molecule has 0 aromatic carbocycles. The second-order valence-corrected chi connectivity index (χ2v) is 6.74. The minimum absolute atomic E-state index is 0.442. The normalized spacial score (nSPS) is 18.0. The van der Waals surface area contributed by atoms with Crippen molar-refractivity contribution in [2.45, 2.75) is 64.2 Å². The zero-order valence-electron chi connectivity index (χ0n) is 10.9. The summed E-state index contributed by atoms with van der Waals surface area (Å²) in [6.45, 7) is 6.06. The highest BCUT2D eigenvalue weighted by Crippen LogP contribution is 2.38. The molecule has 0 atom stereocenters. The quantitative estimate of drug-likeness (QED) is 0.782. The van der Waals surface area contributed by atoms with E-state index in [4.69, 9.17) is 4.98 Å². The lowest BCUT2D eigenvalue weighted by atomic mass is 9.86. The molecule has 1 aromatic heterocycles. The average molecular weight is 248 g/mol. The molecule has 0 spiro atoms. The highest BCUT2D eigenvalue weighted by atomic mass is 32.1. The van der Waals surface area contributed by atoms with Crippen LogP contribution in [-0.4, -0.2) is 4.98 Å². The molecule has 0 saturated heterocycles. The molecule has 17 heavy (non-hydrogen) atoms. The Morgan fingerprint density at radius 1 is 1.29 bits per heavy atom. The van der Waals surface area contributed by atoms with Crippen LogP contribution in [0.4, 0.5) is 0 Å². The van der Waals surface area contributed by atoms with E-state index in [9.17, 15) is 5.26 Å². The highest BCUT2D eigenvalue weighted by molar-refractivity contribution is 7.11. The Kier molecular flexibility index (Phi) is 3.53. The van der Waals surface area contributed by atoms with E-state index < -0.39 is 5.41 Å². The van der Waals surface area contributed by atoms with Gasteiger partial charge in [0.25, 0.3) is 0 Å².